The largest absolute Gasteiger partial charge is 0.505 e. The number of aromatic nitrogens is 1. The average molecular weight is 1870 g/mol. The van der Waals surface area contributed by atoms with Crippen molar-refractivity contribution < 1.29 is 134 Å². The van der Waals surface area contributed by atoms with Gasteiger partial charge in [-0.3, -0.25) is 52.8 Å². The Bertz CT molecular complexity index is 4840. The highest BCUT2D eigenvalue weighted by Crippen LogP contribution is 2.49. The molecule has 3 aliphatic rings. The second-order valence-electron chi connectivity index (χ2n) is 34.2. The summed E-state index contributed by atoms with van der Waals surface area (Å²) in [5.41, 5.74) is 5.67. The lowest BCUT2D eigenvalue weighted by molar-refractivity contribution is -0.903. The van der Waals surface area contributed by atoms with Gasteiger partial charge in [-0.15, -0.1) is 0 Å². The SMILES string of the molecule is CCOCCC(=O)N[C@H](C(=O)C[C@@H](CCCNC(N)=O)C(=O)Nc1ccc(C[N+](C)(C)CCOc2ccc3nc4c(oc3c2)c2c(O)c3c(=O)c(C)c5c(c34)C(=O)[C@@](C)(O/C=C/[C@H](OC)[C@@H](C)[C@@H](OC(C)=O)[C@H](C)[C@H](O)[C@H](C)[C@@H](O)[C@@H](C)/C=C/C=C(/C)C(=O)N2)O5)cc1)C(C)C.CCOCCOCCOCCOCCOCCOCCOCCNC(=O)CCN1C(=O)CC(C)C1=O.[CH3-]. The molecule has 37 nitrogen and oxygen atoms in total. The van der Waals surface area contributed by atoms with Gasteiger partial charge in [-0.1, -0.05) is 78.8 Å². The third kappa shape index (κ3) is 33.6. The average Bonchev–Trinajstić information content (AvgIpc) is 1.61. The molecule has 4 aromatic carbocycles. The fourth-order valence-corrected chi connectivity index (χ4v) is 15.3. The summed E-state index contributed by atoms with van der Waals surface area (Å²) in [5.74, 6) is -10.3. The van der Waals surface area contributed by atoms with Crippen LogP contribution in [0, 0.1) is 55.8 Å². The highest BCUT2D eigenvalue weighted by molar-refractivity contribution is 6.26. The highest BCUT2D eigenvalue weighted by Gasteiger charge is 2.50. The molecule has 37 heteroatoms. The zero-order valence-corrected chi connectivity index (χ0v) is 80.1. The first kappa shape index (κ1) is 111. The number of nitrogens with two attached hydrogens (primary N) is 1. The van der Waals surface area contributed by atoms with E-state index in [2.05, 4.69) is 26.6 Å². The fourth-order valence-electron chi connectivity index (χ4n) is 15.3. The number of carbonyl (C=O) groups is 10. The molecule has 4 heterocycles. The minimum absolute atomic E-state index is 0. The van der Waals surface area contributed by atoms with Gasteiger partial charge in [-0.2, -0.15) is 0 Å². The van der Waals surface area contributed by atoms with Gasteiger partial charge in [0.15, 0.2) is 28.1 Å². The number of Topliss-reactive ketones (excluding diaryl/α,β-unsaturated/α-hetero) is 2. The Kier molecular flexibility index (Phi) is 46.4. The molecule has 1 fully saturated rings. The van der Waals surface area contributed by atoms with Crippen molar-refractivity contribution in [1.29, 1.82) is 0 Å². The maximum atomic E-state index is 15.0. The summed E-state index contributed by atoms with van der Waals surface area (Å²) in [6.45, 7) is 31.3. The van der Waals surface area contributed by atoms with E-state index in [0.717, 1.165) is 10.5 Å². The van der Waals surface area contributed by atoms with Crippen LogP contribution in [0.3, 0.4) is 0 Å². The number of rotatable bonds is 48. The molecule has 0 radical (unpaired) electrons. The molecule has 10 N–H and O–H groups in total. The third-order valence-corrected chi connectivity index (χ3v) is 23.0. The molecule has 3 aliphatic heterocycles. The number of phenols is 1. The molecule has 5 bridgehead atoms. The van der Waals surface area contributed by atoms with Gasteiger partial charge in [0.2, 0.25) is 29.5 Å². The number of primary amides is 1. The van der Waals surface area contributed by atoms with Crippen LogP contribution < -0.4 is 47.2 Å². The van der Waals surface area contributed by atoms with E-state index >= 15 is 0 Å². The molecule has 5 aromatic rings. The van der Waals surface area contributed by atoms with Gasteiger partial charge in [0, 0.05) is 149 Å². The number of imide groups is 1. The smallest absolute Gasteiger partial charge is 0.312 e. The Labute approximate surface area is 778 Å². The fraction of sp³-hybridized carbons (Fsp3) is 0.594. The van der Waals surface area contributed by atoms with Gasteiger partial charge in [0.25, 0.3) is 11.7 Å². The van der Waals surface area contributed by atoms with Crippen molar-refractivity contribution in [3.63, 3.8) is 0 Å². The lowest BCUT2D eigenvalue weighted by Crippen LogP contribution is -2.46. The van der Waals surface area contributed by atoms with E-state index in [1.807, 2.05) is 53.9 Å². The van der Waals surface area contributed by atoms with E-state index in [9.17, 15) is 68.1 Å². The molecule has 1 unspecified atom stereocenters. The van der Waals surface area contributed by atoms with Crippen LogP contribution in [0.5, 0.6) is 17.2 Å². The highest BCUT2D eigenvalue weighted by atomic mass is 16.7. The van der Waals surface area contributed by atoms with Crippen molar-refractivity contribution in [3.05, 3.63) is 113 Å². The number of hydrogen-bond acceptors (Lipinski definition) is 29. The molecule has 0 aliphatic carbocycles. The monoisotopic (exact) mass is 1870 g/mol. The Balaban J connectivity index is 0.000000617. The number of methoxy groups -OCH3 is 1. The minimum atomic E-state index is -2.11. The van der Waals surface area contributed by atoms with E-state index < -0.39 is 107 Å². The van der Waals surface area contributed by atoms with Crippen LogP contribution in [0.2, 0.25) is 0 Å². The predicted octanol–water partition coefficient (Wildman–Crippen LogP) is 8.66. The van der Waals surface area contributed by atoms with Crippen molar-refractivity contribution in [1.82, 2.24) is 25.8 Å². The second kappa shape index (κ2) is 55.4. The molecule has 8 amide bonds. The van der Waals surface area contributed by atoms with E-state index in [0.29, 0.717) is 141 Å². The van der Waals surface area contributed by atoms with Gasteiger partial charge >= 0.3 is 17.8 Å². The maximum absolute atomic E-state index is 15.0. The summed E-state index contributed by atoms with van der Waals surface area (Å²) in [7, 11) is 5.48. The summed E-state index contributed by atoms with van der Waals surface area (Å²) in [6.07, 6.45) is 4.23. The first-order valence-corrected chi connectivity index (χ1v) is 45.2. The van der Waals surface area contributed by atoms with Crippen molar-refractivity contribution in [2.45, 2.75) is 171 Å². The second-order valence-corrected chi connectivity index (χ2v) is 34.2. The molecule has 133 heavy (non-hydrogen) atoms. The van der Waals surface area contributed by atoms with Crippen LogP contribution in [-0.2, 0) is 97.0 Å². The number of carbonyl (C=O) groups excluding carboxylic acids is 10. The standard InChI is InChI=1S/C71H93N7O18.C24H44N2O10.CH3/c1-15-91-31-28-53(81)76-57(37(2)3)50(80)34-46(20-17-29-73-70(72)89)69(88)74-47-23-21-45(22-24-47)36-78(12,13)30-33-92-48-25-26-49-52(35-48)95-66-58(75-49)54-55-62(84)43(9)65-56(54)67(86)71(11,96-65)93-32-27-51(90-14)40(6)64(94-44(10)79)42(8)61(83)41(7)60(82)38(4)18-16-19-39(5)68(87)77-59(66)63(55)85;1-3-30-8-9-32-12-13-34-16-17-36-19-18-35-15-14-33-11-10-31-7-5-25-22(27)4-6-26-23(28)20-21(2)24(26)29;/h16,18-19,21-27,32,35,37-38,40-42,46,51,57,60-61,64,82-83H,15,17,20,28-31,33-34,36H2,1-14H3,(H6-,72,73,74,75,76,77,81,84,85,86,87,88,89);21H,3-20H2,1-2H3,(H,25,27);1H3/q;;-1/p+1/b18-16+,32-27+,39-19-;;/t38-,40+,41+,42+,46+,51-,57-,60-,61+,64+,71-;;/m0../s1. The number of nitrogens with one attached hydrogen (secondary N) is 5. The number of phenolic OH excluding ortho intramolecular Hbond substituents is 1. The first-order valence-electron chi connectivity index (χ1n) is 45.2. The summed E-state index contributed by atoms with van der Waals surface area (Å²) in [6, 6.07) is 10.7. The Hall–Kier alpha value is -10.4. The lowest BCUT2D eigenvalue weighted by Gasteiger charge is -2.38. The van der Waals surface area contributed by atoms with Crippen LogP contribution in [0.1, 0.15) is 143 Å². The van der Waals surface area contributed by atoms with Gasteiger partial charge in [0.1, 0.15) is 54.0 Å². The predicted molar refractivity (Wildman–Crippen MR) is 497 cm³/mol. The number of likely N-dealkylation sites (tertiary alicyclic amines) is 1. The number of urea groups is 1. The number of ether oxygens (including phenoxy) is 13. The summed E-state index contributed by atoms with van der Waals surface area (Å²) in [5, 5.41) is 48.8. The number of benzene rings is 4. The van der Waals surface area contributed by atoms with Crippen molar-refractivity contribution in [3.8, 4) is 17.2 Å². The van der Waals surface area contributed by atoms with E-state index in [-0.39, 0.29) is 168 Å². The van der Waals surface area contributed by atoms with Crippen molar-refractivity contribution >= 4 is 103 Å². The van der Waals surface area contributed by atoms with E-state index in [4.69, 9.17) is 76.7 Å². The molecule has 1 saturated heterocycles. The molecule has 8 rings (SSSR count). The number of ketones is 2. The van der Waals surface area contributed by atoms with Crippen molar-refractivity contribution in [2.24, 2.45) is 47.2 Å². The van der Waals surface area contributed by atoms with Crippen LogP contribution in [0.15, 0.2) is 87.8 Å². The number of aromatic hydroxyl groups is 1. The topological polar surface area (TPSA) is 484 Å². The Morgan fingerprint density at radius 1 is 0.737 bits per heavy atom. The molecule has 0 spiro atoms. The Morgan fingerprint density at radius 2 is 1.35 bits per heavy atom. The molecular formula is C96H141N9O28. The normalized spacial score (nSPS) is 21.4. The molecule has 738 valence electrons. The minimum Gasteiger partial charge on any atom is -0.505 e. The number of anilines is 2. The molecular weight excluding hydrogens is 1730 g/mol. The van der Waals surface area contributed by atoms with E-state index in [1.165, 1.54) is 53.2 Å². The van der Waals surface area contributed by atoms with Crippen LogP contribution in [-0.4, -0.2) is 285 Å². The first-order chi connectivity index (χ1) is 62.9. The number of allylic oxidation sites excluding steroid dienone is 2. The summed E-state index contributed by atoms with van der Waals surface area (Å²) in [4.78, 5) is 149. The molecule has 1 aromatic heterocycles. The number of hydrogen-bond donors (Lipinski definition) is 9. The van der Waals surface area contributed by atoms with Gasteiger partial charge in [0.05, 0.1) is 148 Å². The van der Waals surface area contributed by atoms with Crippen LogP contribution in [0.25, 0.3) is 33.0 Å². The maximum Gasteiger partial charge on any atom is 0.312 e. The van der Waals surface area contributed by atoms with Gasteiger partial charge in [-0.25, -0.2) is 9.78 Å². The zero-order chi connectivity index (χ0) is 96.9. The number of aliphatic hydroxyl groups excluding tert-OH is 2. The summed E-state index contributed by atoms with van der Waals surface area (Å²) >= 11 is 0. The lowest BCUT2D eigenvalue weighted by atomic mass is 9.78. The van der Waals surface area contributed by atoms with Crippen molar-refractivity contribution in [2.75, 3.05) is 170 Å². The third-order valence-electron chi connectivity index (χ3n) is 23.0. The van der Waals surface area contributed by atoms with Crippen LogP contribution >= 0.6 is 0 Å². The Morgan fingerprint density at radius 3 is 1.92 bits per heavy atom. The number of esters is 1. The number of quaternary nitrogens is 1. The van der Waals surface area contributed by atoms with Gasteiger partial charge in [-0.05, 0) is 76.8 Å². The number of aliphatic hydroxyl groups is 2. The molecule has 12 atom stereocenters. The quantitative estimate of drug-likeness (QED) is 0.00257. The number of likely N-dealkylation sites (N-methyl/N-ethyl adjacent to an activating group) is 1. The number of amides is 8. The van der Waals surface area contributed by atoms with Crippen LogP contribution in [0.4, 0.5) is 16.2 Å². The van der Waals surface area contributed by atoms with Gasteiger partial charge < -0.3 is 126 Å². The molecule has 0 saturated carbocycles. The number of nitrogens with zero attached hydrogens (tertiary/aromatic N) is 3. The van der Waals surface area contributed by atoms with E-state index in [1.54, 1.807) is 77.1 Å². The zero-order valence-electron chi connectivity index (χ0n) is 80.1. The number of fused-ring (bicyclic) bond motifs is 5. The summed E-state index contributed by atoms with van der Waals surface area (Å²) < 4.78 is 80.3.